The summed E-state index contributed by atoms with van der Waals surface area (Å²) in [6.45, 7) is 16.3. The Morgan fingerprint density at radius 2 is 1.94 bits per heavy atom. The molecule has 0 aromatic rings. The van der Waals surface area contributed by atoms with Gasteiger partial charge < -0.3 is 15.4 Å². The average Bonchev–Trinajstić information content (AvgIpc) is 2.17. The van der Waals surface area contributed by atoms with Gasteiger partial charge in [0.15, 0.2) is 0 Å². The van der Waals surface area contributed by atoms with Gasteiger partial charge in [0.25, 0.3) is 0 Å². The van der Waals surface area contributed by atoms with Gasteiger partial charge in [-0.3, -0.25) is 0 Å². The van der Waals surface area contributed by atoms with Crippen molar-refractivity contribution in [3.8, 4) is 0 Å². The van der Waals surface area contributed by atoms with Crippen LogP contribution < -0.4 is 10.6 Å². The second-order valence-electron chi connectivity index (χ2n) is 6.49. The van der Waals surface area contributed by atoms with E-state index < -0.39 is 0 Å². The molecule has 0 spiro atoms. The smallest absolute Gasteiger partial charge is 0.0632 e. The SMILES string of the molecule is CC(C)(C)C(C)(C)CNCC1COCCN1. The maximum absolute atomic E-state index is 5.43. The molecule has 1 fully saturated rings. The molecule has 0 bridgehead atoms. The Morgan fingerprint density at radius 1 is 1.25 bits per heavy atom. The van der Waals surface area contributed by atoms with Crippen molar-refractivity contribution in [2.75, 3.05) is 32.8 Å². The molecular formula is C13H28N2O. The van der Waals surface area contributed by atoms with Crippen LogP contribution in [0.2, 0.25) is 0 Å². The van der Waals surface area contributed by atoms with E-state index in [1.165, 1.54) is 0 Å². The summed E-state index contributed by atoms with van der Waals surface area (Å²) in [6.07, 6.45) is 0. The highest BCUT2D eigenvalue weighted by Gasteiger charge is 2.32. The van der Waals surface area contributed by atoms with Gasteiger partial charge in [-0.2, -0.15) is 0 Å². The van der Waals surface area contributed by atoms with Gasteiger partial charge >= 0.3 is 0 Å². The topological polar surface area (TPSA) is 33.3 Å². The minimum absolute atomic E-state index is 0.308. The maximum atomic E-state index is 5.43. The van der Waals surface area contributed by atoms with Crippen molar-refractivity contribution in [3.05, 3.63) is 0 Å². The first-order valence-electron chi connectivity index (χ1n) is 6.35. The van der Waals surface area contributed by atoms with Crippen molar-refractivity contribution in [2.45, 2.75) is 40.7 Å². The van der Waals surface area contributed by atoms with Crippen LogP contribution >= 0.6 is 0 Å². The summed E-state index contributed by atoms with van der Waals surface area (Å²) in [5.74, 6) is 0. The minimum Gasteiger partial charge on any atom is -0.378 e. The number of rotatable bonds is 4. The first kappa shape index (κ1) is 13.9. The molecule has 0 amide bonds. The van der Waals surface area contributed by atoms with Crippen LogP contribution in [0.1, 0.15) is 34.6 Å². The normalized spacial score (nSPS) is 23.4. The summed E-state index contributed by atoms with van der Waals surface area (Å²) in [6, 6.07) is 0.476. The van der Waals surface area contributed by atoms with Crippen molar-refractivity contribution < 1.29 is 4.74 Å². The van der Waals surface area contributed by atoms with E-state index in [0.29, 0.717) is 16.9 Å². The Kier molecular flexibility index (Phi) is 4.77. The van der Waals surface area contributed by atoms with Gasteiger partial charge in [0.1, 0.15) is 0 Å². The molecule has 1 aliphatic heterocycles. The van der Waals surface area contributed by atoms with Gasteiger partial charge in [-0.05, 0) is 10.8 Å². The third-order valence-corrected chi connectivity index (χ3v) is 3.99. The highest BCUT2D eigenvalue weighted by Crippen LogP contribution is 2.36. The molecule has 0 aromatic carbocycles. The number of ether oxygens (including phenoxy) is 1. The summed E-state index contributed by atoms with van der Waals surface area (Å²) in [5, 5.41) is 7.02. The van der Waals surface area contributed by atoms with E-state index in [0.717, 1.165) is 32.8 Å². The van der Waals surface area contributed by atoms with Crippen molar-refractivity contribution in [2.24, 2.45) is 10.8 Å². The lowest BCUT2D eigenvalue weighted by Crippen LogP contribution is -2.49. The Labute approximate surface area is 100 Å². The third-order valence-electron chi connectivity index (χ3n) is 3.99. The standard InChI is InChI=1S/C13H28N2O/c1-12(2,3)13(4,5)10-14-8-11-9-16-7-6-15-11/h11,14-15H,6-10H2,1-5H3. The quantitative estimate of drug-likeness (QED) is 0.767. The molecule has 3 nitrogen and oxygen atoms in total. The zero-order valence-electron chi connectivity index (χ0n) is 11.5. The molecule has 96 valence electrons. The lowest BCUT2D eigenvalue weighted by Gasteiger charge is -2.39. The van der Waals surface area contributed by atoms with E-state index in [1.807, 2.05) is 0 Å². The molecule has 0 radical (unpaired) electrons. The first-order chi connectivity index (χ1) is 7.33. The van der Waals surface area contributed by atoms with Crippen LogP contribution in [0, 0.1) is 10.8 Å². The molecule has 1 saturated heterocycles. The summed E-state index contributed by atoms with van der Waals surface area (Å²) < 4.78 is 5.43. The van der Waals surface area contributed by atoms with Gasteiger partial charge in [0.2, 0.25) is 0 Å². The van der Waals surface area contributed by atoms with Gasteiger partial charge in [-0.1, -0.05) is 34.6 Å². The third kappa shape index (κ3) is 4.04. The van der Waals surface area contributed by atoms with E-state index in [4.69, 9.17) is 4.74 Å². The fourth-order valence-electron chi connectivity index (χ4n) is 1.57. The summed E-state index contributed by atoms with van der Waals surface area (Å²) in [7, 11) is 0. The zero-order valence-corrected chi connectivity index (χ0v) is 11.5. The molecule has 0 aromatic heterocycles. The predicted molar refractivity (Wildman–Crippen MR) is 68.7 cm³/mol. The van der Waals surface area contributed by atoms with Crippen LogP contribution in [0.25, 0.3) is 0 Å². The molecular weight excluding hydrogens is 200 g/mol. The van der Waals surface area contributed by atoms with Crippen molar-refractivity contribution in [1.82, 2.24) is 10.6 Å². The lowest BCUT2D eigenvalue weighted by atomic mass is 9.69. The van der Waals surface area contributed by atoms with Gasteiger partial charge in [0.05, 0.1) is 13.2 Å². The molecule has 16 heavy (non-hydrogen) atoms. The molecule has 1 atom stereocenters. The van der Waals surface area contributed by atoms with Gasteiger partial charge in [-0.15, -0.1) is 0 Å². The Balaban J connectivity index is 2.23. The van der Waals surface area contributed by atoms with E-state index in [-0.39, 0.29) is 0 Å². The van der Waals surface area contributed by atoms with Crippen molar-refractivity contribution >= 4 is 0 Å². The largest absolute Gasteiger partial charge is 0.378 e. The minimum atomic E-state index is 0.308. The molecule has 1 rings (SSSR count). The zero-order chi connectivity index (χ0) is 12.2. The summed E-state index contributed by atoms with van der Waals surface area (Å²) >= 11 is 0. The van der Waals surface area contributed by atoms with Crippen LogP contribution in [0.5, 0.6) is 0 Å². The van der Waals surface area contributed by atoms with E-state index in [9.17, 15) is 0 Å². The lowest BCUT2D eigenvalue weighted by molar-refractivity contribution is 0.0725. The molecule has 1 aliphatic rings. The van der Waals surface area contributed by atoms with Crippen LogP contribution in [0.4, 0.5) is 0 Å². The Bertz CT molecular complexity index is 202. The Morgan fingerprint density at radius 3 is 2.44 bits per heavy atom. The van der Waals surface area contributed by atoms with Crippen LogP contribution in [0.15, 0.2) is 0 Å². The Hall–Kier alpha value is -0.120. The maximum Gasteiger partial charge on any atom is 0.0632 e. The molecule has 1 unspecified atom stereocenters. The van der Waals surface area contributed by atoms with Crippen LogP contribution in [0.3, 0.4) is 0 Å². The van der Waals surface area contributed by atoms with Gasteiger partial charge in [0, 0.05) is 25.7 Å². The fraction of sp³-hybridized carbons (Fsp3) is 1.00. The molecule has 1 heterocycles. The highest BCUT2D eigenvalue weighted by atomic mass is 16.5. The van der Waals surface area contributed by atoms with E-state index in [1.54, 1.807) is 0 Å². The highest BCUT2D eigenvalue weighted by molar-refractivity contribution is 4.85. The molecule has 0 aliphatic carbocycles. The fourth-order valence-corrected chi connectivity index (χ4v) is 1.57. The number of nitrogens with one attached hydrogen (secondary N) is 2. The molecule has 2 N–H and O–H groups in total. The second kappa shape index (κ2) is 5.48. The summed E-state index contributed by atoms with van der Waals surface area (Å²) in [4.78, 5) is 0. The van der Waals surface area contributed by atoms with Crippen LogP contribution in [-0.4, -0.2) is 38.9 Å². The van der Waals surface area contributed by atoms with Gasteiger partial charge in [-0.25, -0.2) is 0 Å². The first-order valence-corrected chi connectivity index (χ1v) is 6.35. The number of hydrogen-bond acceptors (Lipinski definition) is 3. The summed E-state index contributed by atoms with van der Waals surface area (Å²) in [5.41, 5.74) is 0.638. The number of hydrogen-bond donors (Lipinski definition) is 2. The van der Waals surface area contributed by atoms with E-state index in [2.05, 4.69) is 45.3 Å². The second-order valence-corrected chi connectivity index (χ2v) is 6.49. The van der Waals surface area contributed by atoms with E-state index >= 15 is 0 Å². The number of morpholine rings is 1. The van der Waals surface area contributed by atoms with Crippen LogP contribution in [-0.2, 0) is 4.74 Å². The monoisotopic (exact) mass is 228 g/mol. The predicted octanol–water partition coefficient (Wildman–Crippen LogP) is 1.64. The van der Waals surface area contributed by atoms with Crippen molar-refractivity contribution in [1.29, 1.82) is 0 Å². The average molecular weight is 228 g/mol. The molecule has 3 heteroatoms. The van der Waals surface area contributed by atoms with Crippen molar-refractivity contribution in [3.63, 3.8) is 0 Å². The molecule has 0 saturated carbocycles.